The van der Waals surface area contributed by atoms with Crippen molar-refractivity contribution in [1.82, 2.24) is 14.8 Å². The topological polar surface area (TPSA) is 95.1 Å². The number of halogens is 4. The lowest BCUT2D eigenvalue weighted by atomic mass is 10.1. The molecular weight excluding hydrogens is 399 g/mol. The van der Waals surface area contributed by atoms with Crippen LogP contribution in [0.4, 0.5) is 24.8 Å². The molecule has 0 saturated heterocycles. The van der Waals surface area contributed by atoms with Crippen LogP contribution in [0.15, 0.2) is 42.6 Å². The predicted molar refractivity (Wildman–Crippen MR) is 96.9 cm³/mol. The van der Waals surface area contributed by atoms with E-state index in [1.807, 2.05) is 0 Å². The lowest BCUT2D eigenvalue weighted by molar-refractivity contribution is -0.274. The number of pyridine rings is 1. The van der Waals surface area contributed by atoms with Gasteiger partial charge in [-0.05, 0) is 36.4 Å². The van der Waals surface area contributed by atoms with Crippen molar-refractivity contribution in [3.8, 4) is 16.9 Å². The molecule has 0 bridgehead atoms. The second kappa shape index (κ2) is 7.39. The summed E-state index contributed by atoms with van der Waals surface area (Å²) in [4.78, 5) is 16.3. The SMILES string of the molecule is Cn1nccc1C(=O)Nc1ccc(-c2cc(OC(F)(F)F)ccc2Cl)c(N)n1. The summed E-state index contributed by atoms with van der Waals surface area (Å²) >= 11 is 6.08. The summed E-state index contributed by atoms with van der Waals surface area (Å²) in [5.74, 6) is -0.765. The van der Waals surface area contributed by atoms with Crippen molar-refractivity contribution in [3.05, 3.63) is 53.3 Å². The highest BCUT2D eigenvalue weighted by Gasteiger charge is 2.31. The Morgan fingerprint density at radius 1 is 1.21 bits per heavy atom. The minimum absolute atomic E-state index is 0.0335. The fourth-order valence-electron chi connectivity index (χ4n) is 2.46. The van der Waals surface area contributed by atoms with E-state index in [-0.39, 0.29) is 27.8 Å². The summed E-state index contributed by atoms with van der Waals surface area (Å²) < 4.78 is 42.6. The molecule has 0 atom stereocenters. The summed E-state index contributed by atoms with van der Waals surface area (Å²) in [6.45, 7) is 0. The molecule has 1 aromatic carbocycles. The molecule has 0 unspecified atom stereocenters. The van der Waals surface area contributed by atoms with Gasteiger partial charge in [0.05, 0.1) is 0 Å². The standard InChI is InChI=1S/C17H13ClF3N5O2/c1-26-13(6-7-23-26)16(27)25-14-5-3-10(15(22)24-14)11-8-9(2-4-12(11)18)28-17(19,20)21/h2-8H,1H3,(H3,22,24,25,27). The first-order valence-corrected chi connectivity index (χ1v) is 8.13. The highest BCUT2D eigenvalue weighted by molar-refractivity contribution is 6.33. The molecule has 3 aromatic rings. The number of hydrogen-bond donors (Lipinski definition) is 2. The van der Waals surface area contributed by atoms with Crippen LogP contribution in [0.2, 0.25) is 5.02 Å². The van der Waals surface area contributed by atoms with E-state index < -0.39 is 18.0 Å². The molecule has 1 amide bonds. The Morgan fingerprint density at radius 3 is 2.57 bits per heavy atom. The van der Waals surface area contributed by atoms with Crippen LogP contribution in [-0.2, 0) is 7.05 Å². The Balaban J connectivity index is 1.87. The number of benzene rings is 1. The summed E-state index contributed by atoms with van der Waals surface area (Å²) in [7, 11) is 1.61. The predicted octanol–water partition coefficient (Wildman–Crippen LogP) is 3.87. The molecule has 146 valence electrons. The van der Waals surface area contributed by atoms with Crippen molar-refractivity contribution >= 4 is 29.1 Å². The molecule has 28 heavy (non-hydrogen) atoms. The number of amides is 1. The number of ether oxygens (including phenoxy) is 1. The van der Waals surface area contributed by atoms with Crippen molar-refractivity contribution < 1.29 is 22.7 Å². The van der Waals surface area contributed by atoms with Crippen molar-refractivity contribution in [2.45, 2.75) is 6.36 Å². The first-order chi connectivity index (χ1) is 13.1. The van der Waals surface area contributed by atoms with Gasteiger partial charge in [0.15, 0.2) is 0 Å². The molecule has 0 fully saturated rings. The van der Waals surface area contributed by atoms with Gasteiger partial charge < -0.3 is 15.8 Å². The quantitative estimate of drug-likeness (QED) is 0.679. The van der Waals surface area contributed by atoms with Crippen LogP contribution in [0.5, 0.6) is 5.75 Å². The second-order valence-corrected chi connectivity index (χ2v) is 6.02. The number of rotatable bonds is 4. The number of nitrogen functional groups attached to an aromatic ring is 1. The molecule has 0 saturated carbocycles. The van der Waals surface area contributed by atoms with E-state index in [1.165, 1.54) is 35.1 Å². The number of carbonyl (C=O) groups excluding carboxylic acids is 1. The molecular formula is C17H13ClF3N5O2. The summed E-state index contributed by atoms with van der Waals surface area (Å²) in [6.07, 6.45) is -3.37. The first-order valence-electron chi connectivity index (χ1n) is 7.75. The number of aromatic nitrogens is 3. The minimum Gasteiger partial charge on any atom is -0.406 e. The van der Waals surface area contributed by atoms with Gasteiger partial charge in [0.1, 0.15) is 23.1 Å². The van der Waals surface area contributed by atoms with Crippen LogP contribution in [-0.4, -0.2) is 27.0 Å². The Morgan fingerprint density at radius 2 is 1.96 bits per heavy atom. The number of nitrogens with two attached hydrogens (primary N) is 1. The van der Waals surface area contributed by atoms with Crippen molar-refractivity contribution in [1.29, 1.82) is 0 Å². The number of nitrogens with one attached hydrogen (secondary N) is 1. The van der Waals surface area contributed by atoms with E-state index >= 15 is 0 Å². The highest BCUT2D eigenvalue weighted by Crippen LogP contribution is 2.36. The molecule has 3 rings (SSSR count). The molecule has 0 aliphatic carbocycles. The van der Waals surface area contributed by atoms with Gasteiger partial charge in [0, 0.05) is 29.4 Å². The van der Waals surface area contributed by atoms with Crippen LogP contribution in [0, 0.1) is 0 Å². The third-order valence-electron chi connectivity index (χ3n) is 3.68. The molecule has 2 heterocycles. The maximum Gasteiger partial charge on any atom is 0.573 e. The maximum atomic E-state index is 12.4. The van der Waals surface area contributed by atoms with Gasteiger partial charge in [0.2, 0.25) is 0 Å². The number of anilines is 2. The molecule has 0 radical (unpaired) electrons. The molecule has 3 N–H and O–H groups in total. The lowest BCUT2D eigenvalue weighted by Gasteiger charge is -2.13. The Labute approximate surface area is 161 Å². The maximum absolute atomic E-state index is 12.4. The highest BCUT2D eigenvalue weighted by atomic mass is 35.5. The van der Waals surface area contributed by atoms with E-state index in [1.54, 1.807) is 7.05 Å². The average Bonchev–Trinajstić information content (AvgIpc) is 3.02. The van der Waals surface area contributed by atoms with Crippen LogP contribution in [0.1, 0.15) is 10.5 Å². The minimum atomic E-state index is -4.84. The smallest absolute Gasteiger partial charge is 0.406 e. The van der Waals surface area contributed by atoms with E-state index in [0.29, 0.717) is 5.69 Å². The molecule has 7 nitrogen and oxygen atoms in total. The van der Waals surface area contributed by atoms with Gasteiger partial charge in [0.25, 0.3) is 5.91 Å². The van der Waals surface area contributed by atoms with Gasteiger partial charge in [-0.25, -0.2) is 4.98 Å². The number of carbonyl (C=O) groups is 1. The van der Waals surface area contributed by atoms with Gasteiger partial charge in [-0.1, -0.05) is 11.6 Å². The molecule has 2 aromatic heterocycles. The normalized spacial score (nSPS) is 11.3. The average molecular weight is 412 g/mol. The molecule has 0 aliphatic rings. The van der Waals surface area contributed by atoms with Gasteiger partial charge >= 0.3 is 6.36 Å². The summed E-state index contributed by atoms with van der Waals surface area (Å²) in [6, 6.07) is 7.92. The van der Waals surface area contributed by atoms with Crippen molar-refractivity contribution in [2.75, 3.05) is 11.1 Å². The monoisotopic (exact) mass is 411 g/mol. The van der Waals surface area contributed by atoms with Crippen LogP contribution < -0.4 is 15.8 Å². The molecule has 0 spiro atoms. The Hall–Kier alpha value is -3.27. The van der Waals surface area contributed by atoms with Gasteiger partial charge in [-0.2, -0.15) is 5.10 Å². The number of alkyl halides is 3. The Bertz CT molecular complexity index is 1040. The van der Waals surface area contributed by atoms with Crippen LogP contribution >= 0.6 is 11.6 Å². The number of hydrogen-bond acceptors (Lipinski definition) is 5. The second-order valence-electron chi connectivity index (χ2n) is 5.61. The third-order valence-corrected chi connectivity index (χ3v) is 4.01. The zero-order valence-electron chi connectivity index (χ0n) is 14.3. The number of nitrogens with zero attached hydrogens (tertiary/aromatic N) is 3. The van der Waals surface area contributed by atoms with E-state index in [2.05, 4.69) is 20.1 Å². The van der Waals surface area contributed by atoms with E-state index in [4.69, 9.17) is 17.3 Å². The largest absolute Gasteiger partial charge is 0.573 e. The zero-order valence-corrected chi connectivity index (χ0v) is 15.0. The first kappa shape index (κ1) is 19.5. The third kappa shape index (κ3) is 4.34. The summed E-state index contributed by atoms with van der Waals surface area (Å²) in [5, 5.41) is 6.62. The number of aryl methyl sites for hydroxylation is 1. The van der Waals surface area contributed by atoms with Gasteiger partial charge in [-0.15, -0.1) is 13.2 Å². The zero-order chi connectivity index (χ0) is 20.5. The van der Waals surface area contributed by atoms with Crippen LogP contribution in [0.25, 0.3) is 11.1 Å². The van der Waals surface area contributed by atoms with Crippen molar-refractivity contribution in [3.63, 3.8) is 0 Å². The van der Waals surface area contributed by atoms with Gasteiger partial charge in [-0.3, -0.25) is 9.48 Å². The molecule has 0 aliphatic heterocycles. The van der Waals surface area contributed by atoms with E-state index in [0.717, 1.165) is 12.1 Å². The Kier molecular flexibility index (Phi) is 5.14. The van der Waals surface area contributed by atoms with E-state index in [9.17, 15) is 18.0 Å². The fourth-order valence-corrected chi connectivity index (χ4v) is 2.68. The fraction of sp³-hybridized carbons (Fsp3) is 0.118. The van der Waals surface area contributed by atoms with Crippen molar-refractivity contribution in [2.24, 2.45) is 7.05 Å². The summed E-state index contributed by atoms with van der Waals surface area (Å²) in [5.41, 5.74) is 6.73. The lowest BCUT2D eigenvalue weighted by Crippen LogP contribution is -2.17. The van der Waals surface area contributed by atoms with Crippen LogP contribution in [0.3, 0.4) is 0 Å². The molecule has 11 heteroatoms.